The van der Waals surface area contributed by atoms with E-state index in [-0.39, 0.29) is 56.0 Å². The predicted octanol–water partition coefficient (Wildman–Crippen LogP) is 4.20. The van der Waals surface area contributed by atoms with E-state index < -0.39 is 72.0 Å². The molecular formula is C72H77N15O14. The first kappa shape index (κ1) is 69.8. The summed E-state index contributed by atoms with van der Waals surface area (Å²) in [5.74, 6) is -5.34. The minimum absolute atomic E-state index is 0.00289. The molecule has 5 aliphatic heterocycles. The second-order valence-electron chi connectivity index (χ2n) is 26.0. The van der Waals surface area contributed by atoms with Crippen LogP contribution in [-0.4, -0.2) is 143 Å². The lowest BCUT2D eigenvalue weighted by atomic mass is 10.1. The largest absolute Gasteiger partial charge is 0.618 e. The van der Waals surface area contributed by atoms with Gasteiger partial charge in [-0.05, 0) is 144 Å². The first-order valence-corrected chi connectivity index (χ1v) is 32.8. The van der Waals surface area contributed by atoms with Crippen LogP contribution < -0.4 is 25.4 Å². The molecule has 14 rings (SSSR count). The normalized spacial score (nSPS) is 19.8. The molecule has 6 aromatic heterocycles. The van der Waals surface area contributed by atoms with E-state index in [2.05, 4.69) is 36.2 Å². The van der Waals surface area contributed by atoms with Crippen LogP contribution in [0.1, 0.15) is 117 Å². The predicted molar refractivity (Wildman–Crippen MR) is 358 cm³/mol. The highest BCUT2D eigenvalue weighted by atomic mass is 16.8. The van der Waals surface area contributed by atoms with Crippen LogP contribution in [0.2, 0.25) is 0 Å². The van der Waals surface area contributed by atoms with Gasteiger partial charge in [-0.2, -0.15) is 24.8 Å². The third-order valence-electron chi connectivity index (χ3n) is 17.9. The van der Waals surface area contributed by atoms with Gasteiger partial charge >= 0.3 is 0 Å². The maximum atomic E-state index is 13.4. The molecule has 29 nitrogen and oxygen atoms in total. The molecule has 524 valence electrons. The van der Waals surface area contributed by atoms with Crippen molar-refractivity contribution in [1.82, 2.24) is 65.0 Å². The number of nitrogens with one attached hydrogen (secondary N) is 3. The molecule has 2 fully saturated rings. The zero-order valence-electron chi connectivity index (χ0n) is 56.4. The zero-order chi connectivity index (χ0) is 71.4. The number of aliphatic hydroxyl groups is 2. The SMILES string of the molecule is C[C@@H](NC(=O)[C@@H]1OC(C)(C)O[C@H]1C(=O)N1Cc2ccc[n+]([O-])c2C1)c1ccc(-n2cccn2)cc1.C[C@@H](NC(=O)[C@@H]1OC(C)(C)O[C@H]1C(=O)N1Cc2cccnc2C1)c1ccc(-n2cccn2)cc1.C[C@@H](NC(=O)[C@H](O)[C@@H](O)C(=O)N1Cc2ccc[n+]([O-])c2C1)c1ccc(-n2cccn2)cc1. The third-order valence-corrected chi connectivity index (χ3v) is 17.9. The molecule has 3 aromatic carbocycles. The van der Waals surface area contributed by atoms with Crippen molar-refractivity contribution in [3.05, 3.63) is 244 Å². The fraction of sp³-hybridized carbons (Fsp3) is 0.333. The van der Waals surface area contributed by atoms with Crippen molar-refractivity contribution in [2.24, 2.45) is 0 Å². The number of nitrogens with zero attached hydrogens (tertiary/aromatic N) is 12. The van der Waals surface area contributed by atoms with E-state index in [4.69, 9.17) is 18.9 Å². The van der Waals surface area contributed by atoms with Gasteiger partial charge in [-0.25, -0.2) is 14.0 Å². The first-order chi connectivity index (χ1) is 48.4. The van der Waals surface area contributed by atoms with Gasteiger partial charge in [0.2, 0.25) is 11.4 Å². The van der Waals surface area contributed by atoms with Crippen LogP contribution in [0.5, 0.6) is 0 Å². The van der Waals surface area contributed by atoms with Gasteiger partial charge in [0.05, 0.1) is 60.5 Å². The standard InChI is InChI=1S/C25H27N5O5.C25H27N5O4.C22H23N5O5/c1-16(17-7-9-19(10-8-17)29-12-5-11-26-29)27-23(31)21-22(35-25(2,3)34-21)24(32)28-14-18-6-4-13-30(33)20(18)15-28;1-16(17-7-9-19(10-8-17)30-13-5-12-27-30)28-23(31)21-22(34-25(2,3)33-21)24(32)29-14-18-6-4-11-26-20(18)15-29;1-14(15-5-7-17(8-6-15)26-10-3-9-23-26)24-21(30)19(28)20(29)22(31)25-12-16-4-2-11-27(32)18(16)13-25/h4-13,16,21-22H,14-15H2,1-3H3,(H,27,31);4-13,16,21-22H,14-15H2,1-3H3,(H,28,31);2-11,14,19-20,28-29H,12-13H2,1H3,(H,24,30)/t2*16-,21-,22-;14-,19-,20-/m111/s1. The Morgan fingerprint density at radius 1 is 0.465 bits per heavy atom. The average molecular weight is 1380 g/mol. The van der Waals surface area contributed by atoms with Gasteiger partial charge in [-0.1, -0.05) is 42.5 Å². The fourth-order valence-electron chi connectivity index (χ4n) is 12.6. The van der Waals surface area contributed by atoms with Gasteiger partial charge in [0.1, 0.15) is 13.1 Å². The minimum atomic E-state index is -1.95. The fourth-order valence-corrected chi connectivity index (χ4v) is 12.6. The summed E-state index contributed by atoms with van der Waals surface area (Å²) >= 11 is 0. The quantitative estimate of drug-likeness (QED) is 0.0668. The Morgan fingerprint density at radius 3 is 1.25 bits per heavy atom. The van der Waals surface area contributed by atoms with Crippen LogP contribution in [0.15, 0.2) is 183 Å². The minimum Gasteiger partial charge on any atom is -0.618 e. The molecule has 6 amide bonds. The summed E-state index contributed by atoms with van der Waals surface area (Å²) in [5, 5.41) is 65.6. The van der Waals surface area contributed by atoms with Crippen molar-refractivity contribution in [1.29, 1.82) is 0 Å². The molecule has 0 radical (unpaired) electrons. The van der Waals surface area contributed by atoms with E-state index in [1.165, 1.54) is 22.2 Å². The number of aliphatic hydroxyl groups excluding tert-OH is 2. The number of rotatable bonds is 16. The number of aromatic nitrogens is 9. The molecular weight excluding hydrogens is 1300 g/mol. The lowest BCUT2D eigenvalue weighted by Gasteiger charge is -2.23. The van der Waals surface area contributed by atoms with Gasteiger partial charge in [-0.3, -0.25) is 33.8 Å². The van der Waals surface area contributed by atoms with Gasteiger partial charge in [0.15, 0.2) is 60.6 Å². The van der Waals surface area contributed by atoms with E-state index in [0.717, 1.165) is 55.3 Å². The Bertz CT molecular complexity index is 4420. The molecule has 11 heterocycles. The van der Waals surface area contributed by atoms with Gasteiger partial charge < -0.3 is 70.2 Å². The number of hydrogen-bond donors (Lipinski definition) is 5. The second-order valence-corrected chi connectivity index (χ2v) is 26.0. The van der Waals surface area contributed by atoms with Crippen molar-refractivity contribution in [3.63, 3.8) is 0 Å². The number of ether oxygens (including phenoxy) is 4. The van der Waals surface area contributed by atoms with Crippen LogP contribution in [-0.2, 0) is 87.0 Å². The molecule has 101 heavy (non-hydrogen) atoms. The Labute approximate surface area is 580 Å². The number of pyridine rings is 3. The third kappa shape index (κ3) is 15.7. The Morgan fingerprint density at radius 2 is 0.842 bits per heavy atom. The van der Waals surface area contributed by atoms with Crippen molar-refractivity contribution in [3.8, 4) is 17.1 Å². The Hall–Kier alpha value is -11.1. The summed E-state index contributed by atoms with van der Waals surface area (Å²) in [6.45, 7) is 13.6. The maximum absolute atomic E-state index is 13.4. The zero-order valence-corrected chi connectivity index (χ0v) is 56.4. The van der Waals surface area contributed by atoms with E-state index in [0.29, 0.717) is 34.8 Å². The topological polar surface area (TPSA) is 346 Å². The molecule has 5 aliphatic rings. The summed E-state index contributed by atoms with van der Waals surface area (Å²) in [4.78, 5) is 86.9. The van der Waals surface area contributed by atoms with Crippen molar-refractivity contribution in [2.75, 3.05) is 0 Å². The molecule has 9 atom stereocenters. The van der Waals surface area contributed by atoms with Crippen molar-refractivity contribution in [2.45, 2.75) is 154 Å². The van der Waals surface area contributed by atoms with Gasteiger partial charge in [0, 0.05) is 73.2 Å². The number of amides is 6. The van der Waals surface area contributed by atoms with Crippen LogP contribution in [0, 0.1) is 10.4 Å². The molecule has 2 saturated heterocycles. The van der Waals surface area contributed by atoms with Crippen LogP contribution in [0.4, 0.5) is 0 Å². The summed E-state index contributed by atoms with van der Waals surface area (Å²) in [7, 11) is 0. The Balaban J connectivity index is 0.000000143. The van der Waals surface area contributed by atoms with E-state index in [1.807, 2.05) is 142 Å². The Kier molecular flexibility index (Phi) is 20.3. The molecule has 0 saturated carbocycles. The number of carbonyl (C=O) groups is 6. The summed E-state index contributed by atoms with van der Waals surface area (Å²) in [6, 6.07) is 37.7. The van der Waals surface area contributed by atoms with Crippen LogP contribution in [0.3, 0.4) is 0 Å². The number of hydrogen-bond acceptors (Lipinski definition) is 18. The summed E-state index contributed by atoms with van der Waals surface area (Å²) in [5.41, 5.74) is 9.50. The molecule has 9 aromatic rings. The smallest absolute Gasteiger partial charge is 0.255 e. The molecule has 29 heteroatoms. The van der Waals surface area contributed by atoms with Crippen LogP contribution >= 0.6 is 0 Å². The van der Waals surface area contributed by atoms with E-state index in [1.54, 1.807) is 96.6 Å². The second kappa shape index (κ2) is 29.4. The lowest BCUT2D eigenvalue weighted by molar-refractivity contribution is -0.614. The lowest BCUT2D eigenvalue weighted by Crippen LogP contribution is -2.50. The number of carbonyl (C=O) groups excluding carboxylic acids is 6. The van der Waals surface area contributed by atoms with Crippen molar-refractivity contribution >= 4 is 35.4 Å². The molecule has 5 N–H and O–H groups in total. The number of fused-ring (bicyclic) bond motifs is 3. The highest BCUT2D eigenvalue weighted by Crippen LogP contribution is 2.35. The van der Waals surface area contributed by atoms with Crippen LogP contribution in [0.25, 0.3) is 17.1 Å². The monoisotopic (exact) mass is 1380 g/mol. The highest BCUT2D eigenvalue weighted by molar-refractivity contribution is 5.93. The summed E-state index contributed by atoms with van der Waals surface area (Å²) in [6.07, 6.45) is 6.87. The highest BCUT2D eigenvalue weighted by Gasteiger charge is 2.53. The van der Waals surface area contributed by atoms with Gasteiger partial charge in [-0.15, -0.1) is 0 Å². The molecule has 0 unspecified atom stereocenters. The average Bonchev–Trinajstić information content (AvgIpc) is 1.64. The first-order valence-electron chi connectivity index (χ1n) is 32.8. The van der Waals surface area contributed by atoms with E-state index in [9.17, 15) is 49.4 Å². The molecule has 0 bridgehead atoms. The van der Waals surface area contributed by atoms with Gasteiger partial charge in [0.25, 0.3) is 35.4 Å². The molecule has 0 aliphatic carbocycles. The van der Waals surface area contributed by atoms with E-state index >= 15 is 0 Å². The van der Waals surface area contributed by atoms with Crippen molar-refractivity contribution < 1.29 is 67.4 Å². The summed E-state index contributed by atoms with van der Waals surface area (Å²) < 4.78 is 30.1. The number of benzene rings is 3. The maximum Gasteiger partial charge on any atom is 0.255 e. The molecule has 0 spiro atoms.